The Balaban J connectivity index is 1.49. The molecule has 0 unspecified atom stereocenters. The lowest BCUT2D eigenvalue weighted by Crippen LogP contribution is -2.15. The van der Waals surface area contributed by atoms with Crippen molar-refractivity contribution in [3.63, 3.8) is 0 Å². The Labute approximate surface area is 233 Å². The minimum Gasteiger partial charge on any atom is -0.493 e. The highest BCUT2D eigenvalue weighted by molar-refractivity contribution is 6.02. The molecule has 0 heterocycles. The van der Waals surface area contributed by atoms with Crippen molar-refractivity contribution in [1.29, 1.82) is 0 Å². The van der Waals surface area contributed by atoms with Crippen molar-refractivity contribution >= 4 is 11.8 Å². The van der Waals surface area contributed by atoms with Gasteiger partial charge in [0.15, 0.2) is 29.6 Å². The van der Waals surface area contributed by atoms with E-state index in [4.69, 9.17) is 28.4 Å². The third kappa shape index (κ3) is 6.91. The molecular weight excluding hydrogens is 512 g/mol. The molecule has 0 saturated heterocycles. The molecule has 8 nitrogen and oxygen atoms in total. The zero-order valence-corrected chi connectivity index (χ0v) is 22.5. The van der Waals surface area contributed by atoms with Crippen LogP contribution in [0, 0.1) is 0 Å². The van der Waals surface area contributed by atoms with Crippen molar-refractivity contribution in [2.45, 2.75) is 13.2 Å². The van der Waals surface area contributed by atoms with Crippen LogP contribution in [0.25, 0.3) is 0 Å². The minimum absolute atomic E-state index is 0.194. The zero-order chi connectivity index (χ0) is 28.3. The molecule has 0 aromatic heterocycles. The van der Waals surface area contributed by atoms with Crippen LogP contribution in [-0.4, -0.2) is 39.7 Å². The van der Waals surface area contributed by atoms with Crippen LogP contribution in [0.15, 0.2) is 91.0 Å². The number of Topliss-reactive ketones (excluding diaryl/α,β-unsaturated/α-hetero) is 1. The monoisotopic (exact) mass is 542 g/mol. The average molecular weight is 543 g/mol. The summed E-state index contributed by atoms with van der Waals surface area (Å²) in [6, 6.07) is 27.3. The molecule has 0 amide bonds. The van der Waals surface area contributed by atoms with Crippen molar-refractivity contribution in [1.82, 2.24) is 0 Å². The fourth-order valence-corrected chi connectivity index (χ4v) is 3.95. The fourth-order valence-electron chi connectivity index (χ4n) is 3.95. The topological polar surface area (TPSA) is 89.5 Å². The number of hydrogen-bond acceptors (Lipinski definition) is 8. The lowest BCUT2D eigenvalue weighted by atomic mass is 10.1. The van der Waals surface area contributed by atoms with Crippen molar-refractivity contribution in [3.05, 3.63) is 113 Å². The summed E-state index contributed by atoms with van der Waals surface area (Å²) in [7, 11) is 4.34. The second-order valence-corrected chi connectivity index (χ2v) is 8.59. The summed E-state index contributed by atoms with van der Waals surface area (Å²) in [6.07, 6.45) is 0. The predicted octanol–water partition coefficient (Wildman–Crippen LogP) is 5.91. The van der Waals surface area contributed by atoms with E-state index < -0.39 is 18.4 Å². The Hall–Kier alpha value is -4.98. The minimum atomic E-state index is -0.688. The zero-order valence-electron chi connectivity index (χ0n) is 22.5. The first-order chi connectivity index (χ1) is 19.5. The number of rotatable bonds is 13. The summed E-state index contributed by atoms with van der Waals surface area (Å²) in [5.74, 6) is 0.574. The maximum Gasteiger partial charge on any atom is 0.338 e. The van der Waals surface area contributed by atoms with Gasteiger partial charge in [0.25, 0.3) is 0 Å². The molecule has 0 spiro atoms. The van der Waals surface area contributed by atoms with E-state index in [9.17, 15) is 9.59 Å². The molecule has 0 bridgehead atoms. The summed E-state index contributed by atoms with van der Waals surface area (Å²) in [4.78, 5) is 25.9. The van der Waals surface area contributed by atoms with Crippen molar-refractivity contribution in [3.8, 4) is 28.7 Å². The van der Waals surface area contributed by atoms with Gasteiger partial charge in [0, 0.05) is 0 Å². The summed E-state index contributed by atoms with van der Waals surface area (Å²) >= 11 is 0. The standard InChI is InChI=1S/C32H30O8/c1-35-28-17-15-25(30(36-2)31(28)37-3)26(33)21-40-32(34)24-14-16-27(38-19-22-10-6-4-7-11-22)29(18-24)39-20-23-12-8-5-9-13-23/h4-18H,19-21H2,1-3H3. The van der Waals surface area contributed by atoms with E-state index in [0.29, 0.717) is 23.9 Å². The fraction of sp³-hybridized carbons (Fsp3) is 0.188. The SMILES string of the molecule is COc1ccc(C(=O)COC(=O)c2ccc(OCc3ccccc3)c(OCc3ccccc3)c2)c(OC)c1OC. The van der Waals surface area contributed by atoms with Gasteiger partial charge in [-0.25, -0.2) is 4.79 Å². The van der Waals surface area contributed by atoms with Gasteiger partial charge in [-0.2, -0.15) is 0 Å². The Morgan fingerprint density at radius 1 is 0.600 bits per heavy atom. The molecule has 4 aromatic carbocycles. The summed E-state index contributed by atoms with van der Waals surface area (Å²) < 4.78 is 33.3. The van der Waals surface area contributed by atoms with Gasteiger partial charge in [0.1, 0.15) is 13.2 Å². The third-order valence-corrected chi connectivity index (χ3v) is 5.99. The van der Waals surface area contributed by atoms with Crippen molar-refractivity contribution < 1.29 is 38.0 Å². The molecular formula is C32H30O8. The number of hydrogen-bond donors (Lipinski definition) is 0. The average Bonchev–Trinajstić information content (AvgIpc) is 3.01. The Morgan fingerprint density at radius 2 is 1.18 bits per heavy atom. The van der Waals surface area contributed by atoms with E-state index >= 15 is 0 Å². The van der Waals surface area contributed by atoms with Gasteiger partial charge in [0.05, 0.1) is 32.5 Å². The first kappa shape index (κ1) is 28.0. The molecule has 8 heteroatoms. The van der Waals surface area contributed by atoms with E-state index in [1.54, 1.807) is 24.3 Å². The van der Waals surface area contributed by atoms with E-state index in [-0.39, 0.29) is 29.2 Å². The molecule has 0 fully saturated rings. The molecule has 4 aromatic rings. The predicted molar refractivity (Wildman–Crippen MR) is 149 cm³/mol. The molecule has 0 aliphatic rings. The number of benzene rings is 4. The summed E-state index contributed by atoms with van der Waals surface area (Å²) in [5.41, 5.74) is 2.36. The lowest BCUT2D eigenvalue weighted by molar-refractivity contribution is 0.0473. The van der Waals surface area contributed by atoms with Crippen LogP contribution < -0.4 is 23.7 Å². The maximum absolute atomic E-state index is 12.9. The van der Waals surface area contributed by atoms with Gasteiger partial charge in [-0.15, -0.1) is 0 Å². The molecule has 0 radical (unpaired) electrons. The normalized spacial score (nSPS) is 10.4. The van der Waals surface area contributed by atoms with Gasteiger partial charge in [-0.3, -0.25) is 4.79 Å². The maximum atomic E-state index is 12.9. The molecule has 0 saturated carbocycles. The molecule has 40 heavy (non-hydrogen) atoms. The Morgan fingerprint density at radius 3 is 1.75 bits per heavy atom. The van der Waals surface area contributed by atoms with Crippen LogP contribution in [0.4, 0.5) is 0 Å². The lowest BCUT2D eigenvalue weighted by Gasteiger charge is -2.15. The van der Waals surface area contributed by atoms with Crippen LogP contribution in [0.5, 0.6) is 28.7 Å². The van der Waals surface area contributed by atoms with Crippen molar-refractivity contribution in [2.24, 2.45) is 0 Å². The van der Waals surface area contributed by atoms with Crippen molar-refractivity contribution in [2.75, 3.05) is 27.9 Å². The first-order valence-electron chi connectivity index (χ1n) is 12.5. The van der Waals surface area contributed by atoms with Crippen LogP contribution >= 0.6 is 0 Å². The third-order valence-electron chi connectivity index (χ3n) is 5.99. The Kier molecular flexibility index (Phi) is 9.61. The number of methoxy groups -OCH3 is 3. The number of carbonyl (C=O) groups is 2. The van der Waals surface area contributed by atoms with Crippen LogP contribution in [0.1, 0.15) is 31.8 Å². The first-order valence-corrected chi connectivity index (χ1v) is 12.5. The number of ether oxygens (including phenoxy) is 6. The van der Waals surface area contributed by atoms with E-state index in [1.165, 1.54) is 27.4 Å². The van der Waals surface area contributed by atoms with E-state index in [0.717, 1.165) is 11.1 Å². The summed E-state index contributed by atoms with van der Waals surface area (Å²) in [6.45, 7) is 0.101. The second-order valence-electron chi connectivity index (χ2n) is 8.59. The highest BCUT2D eigenvalue weighted by Gasteiger charge is 2.22. The van der Waals surface area contributed by atoms with Gasteiger partial charge in [0.2, 0.25) is 11.5 Å². The number of carbonyl (C=O) groups excluding carboxylic acids is 2. The summed E-state index contributed by atoms with van der Waals surface area (Å²) in [5, 5.41) is 0. The molecule has 0 aliphatic heterocycles. The van der Waals surface area contributed by atoms with Gasteiger partial charge >= 0.3 is 5.97 Å². The van der Waals surface area contributed by atoms with Gasteiger partial charge in [-0.05, 0) is 41.5 Å². The molecule has 4 rings (SSSR count). The molecule has 0 N–H and O–H groups in total. The van der Waals surface area contributed by atoms with Gasteiger partial charge < -0.3 is 28.4 Å². The number of ketones is 1. The Bertz CT molecular complexity index is 1430. The number of esters is 1. The van der Waals surface area contributed by atoms with E-state index in [1.807, 2.05) is 60.7 Å². The smallest absolute Gasteiger partial charge is 0.338 e. The largest absolute Gasteiger partial charge is 0.493 e. The van der Waals surface area contributed by atoms with Gasteiger partial charge in [-0.1, -0.05) is 60.7 Å². The van der Waals surface area contributed by atoms with Crippen LogP contribution in [0.2, 0.25) is 0 Å². The molecule has 206 valence electrons. The second kappa shape index (κ2) is 13.7. The molecule has 0 aliphatic carbocycles. The molecule has 0 atom stereocenters. The van der Waals surface area contributed by atoms with E-state index in [2.05, 4.69) is 0 Å². The van der Waals surface area contributed by atoms with Crippen LogP contribution in [-0.2, 0) is 18.0 Å². The quantitative estimate of drug-likeness (QED) is 0.152. The van der Waals surface area contributed by atoms with Crippen LogP contribution in [0.3, 0.4) is 0 Å². The highest BCUT2D eigenvalue weighted by Crippen LogP contribution is 2.40. The highest BCUT2D eigenvalue weighted by atomic mass is 16.5.